The van der Waals surface area contributed by atoms with Crippen molar-refractivity contribution >= 4 is 21.6 Å². The van der Waals surface area contributed by atoms with Crippen molar-refractivity contribution in [3.63, 3.8) is 0 Å². The van der Waals surface area contributed by atoms with Gasteiger partial charge < -0.3 is 15.7 Å². The first kappa shape index (κ1) is 13.8. The molecule has 3 N–H and O–H groups in total. The summed E-state index contributed by atoms with van der Waals surface area (Å²) < 4.78 is 1.07. The molecule has 1 saturated heterocycles. The molecular weight excluding hydrogens is 292 g/mol. The van der Waals surface area contributed by atoms with Crippen molar-refractivity contribution in [1.29, 1.82) is 0 Å². The number of hydrogen-bond donors (Lipinski definition) is 2. The van der Waals surface area contributed by atoms with Crippen LogP contribution in [0.2, 0.25) is 0 Å². The van der Waals surface area contributed by atoms with Gasteiger partial charge in [0.05, 0.1) is 5.60 Å². The van der Waals surface area contributed by atoms with Crippen LogP contribution in [0.5, 0.6) is 0 Å². The van der Waals surface area contributed by atoms with E-state index in [4.69, 9.17) is 5.73 Å². The molecule has 0 aromatic heterocycles. The van der Waals surface area contributed by atoms with E-state index in [1.807, 2.05) is 6.92 Å². The SMILES string of the molecule is CC1(O)CCCN(c2ccc(CN)c(Br)c2)CC1. The second-order valence-electron chi connectivity index (χ2n) is 5.32. The summed E-state index contributed by atoms with van der Waals surface area (Å²) in [5.41, 5.74) is 7.48. The zero-order valence-electron chi connectivity index (χ0n) is 10.8. The third-order valence-electron chi connectivity index (χ3n) is 3.69. The Hall–Kier alpha value is -0.580. The number of anilines is 1. The van der Waals surface area contributed by atoms with E-state index in [2.05, 4.69) is 39.0 Å². The van der Waals surface area contributed by atoms with Gasteiger partial charge in [-0.3, -0.25) is 0 Å². The van der Waals surface area contributed by atoms with Crippen LogP contribution in [0.15, 0.2) is 22.7 Å². The Balaban J connectivity index is 2.14. The first-order chi connectivity index (χ1) is 8.52. The normalized spacial score (nSPS) is 25.0. The third kappa shape index (κ3) is 3.25. The first-order valence-electron chi connectivity index (χ1n) is 6.48. The van der Waals surface area contributed by atoms with Crippen LogP contribution >= 0.6 is 15.9 Å². The number of aliphatic hydroxyl groups is 1. The number of halogens is 1. The van der Waals surface area contributed by atoms with Crippen molar-refractivity contribution in [2.24, 2.45) is 5.73 Å². The van der Waals surface area contributed by atoms with Gasteiger partial charge in [0.2, 0.25) is 0 Å². The summed E-state index contributed by atoms with van der Waals surface area (Å²) >= 11 is 3.56. The predicted molar refractivity (Wildman–Crippen MR) is 78.7 cm³/mol. The fraction of sp³-hybridized carbons (Fsp3) is 0.571. The molecule has 0 saturated carbocycles. The van der Waals surface area contributed by atoms with Gasteiger partial charge in [-0.2, -0.15) is 0 Å². The van der Waals surface area contributed by atoms with Gasteiger partial charge in [-0.05, 0) is 43.9 Å². The molecule has 2 rings (SSSR count). The largest absolute Gasteiger partial charge is 0.390 e. The van der Waals surface area contributed by atoms with E-state index in [1.165, 1.54) is 5.69 Å². The van der Waals surface area contributed by atoms with Crippen LogP contribution in [0.1, 0.15) is 31.7 Å². The van der Waals surface area contributed by atoms with E-state index in [-0.39, 0.29) is 0 Å². The van der Waals surface area contributed by atoms with Crippen molar-refractivity contribution in [1.82, 2.24) is 0 Å². The molecule has 100 valence electrons. The van der Waals surface area contributed by atoms with Crippen LogP contribution in [-0.2, 0) is 6.54 Å². The Bertz CT molecular complexity index is 420. The van der Waals surface area contributed by atoms with Gasteiger partial charge in [-0.1, -0.05) is 22.0 Å². The zero-order chi connectivity index (χ0) is 13.2. The van der Waals surface area contributed by atoms with Crippen LogP contribution in [0, 0.1) is 0 Å². The fourth-order valence-electron chi connectivity index (χ4n) is 2.42. The third-order valence-corrected chi connectivity index (χ3v) is 4.42. The second-order valence-corrected chi connectivity index (χ2v) is 6.17. The molecule has 0 amide bonds. The molecule has 0 radical (unpaired) electrons. The van der Waals surface area contributed by atoms with E-state index >= 15 is 0 Å². The predicted octanol–water partition coefficient (Wildman–Crippen LogP) is 2.65. The number of nitrogens with two attached hydrogens (primary N) is 1. The molecule has 1 heterocycles. The van der Waals surface area contributed by atoms with Crippen molar-refractivity contribution in [3.8, 4) is 0 Å². The summed E-state index contributed by atoms with van der Waals surface area (Å²) in [6.45, 7) is 4.39. The van der Waals surface area contributed by atoms with Gasteiger partial charge >= 0.3 is 0 Å². The van der Waals surface area contributed by atoms with Crippen molar-refractivity contribution in [2.45, 2.75) is 38.3 Å². The average Bonchev–Trinajstić information content (AvgIpc) is 2.50. The highest BCUT2D eigenvalue weighted by molar-refractivity contribution is 9.10. The number of nitrogens with zero attached hydrogens (tertiary/aromatic N) is 1. The minimum Gasteiger partial charge on any atom is -0.390 e. The van der Waals surface area contributed by atoms with Crippen LogP contribution in [0.4, 0.5) is 5.69 Å². The topological polar surface area (TPSA) is 49.5 Å². The van der Waals surface area contributed by atoms with Gasteiger partial charge in [-0.15, -0.1) is 0 Å². The molecule has 1 aliphatic rings. The maximum absolute atomic E-state index is 10.1. The Morgan fingerprint density at radius 2 is 2.17 bits per heavy atom. The molecule has 0 bridgehead atoms. The van der Waals surface area contributed by atoms with Crippen LogP contribution in [0.25, 0.3) is 0 Å². The number of hydrogen-bond acceptors (Lipinski definition) is 3. The quantitative estimate of drug-likeness (QED) is 0.882. The maximum atomic E-state index is 10.1. The Kier molecular flexibility index (Phi) is 4.30. The highest BCUT2D eigenvalue weighted by Crippen LogP contribution is 2.28. The lowest BCUT2D eigenvalue weighted by Gasteiger charge is -2.24. The molecule has 4 heteroatoms. The Morgan fingerprint density at radius 1 is 1.39 bits per heavy atom. The van der Waals surface area contributed by atoms with E-state index in [0.29, 0.717) is 6.54 Å². The average molecular weight is 313 g/mol. The summed E-state index contributed by atoms with van der Waals surface area (Å²) in [5.74, 6) is 0. The molecule has 18 heavy (non-hydrogen) atoms. The van der Waals surface area contributed by atoms with Crippen LogP contribution < -0.4 is 10.6 Å². The lowest BCUT2D eigenvalue weighted by molar-refractivity contribution is 0.0481. The monoisotopic (exact) mass is 312 g/mol. The van der Waals surface area contributed by atoms with Gasteiger partial charge in [0.1, 0.15) is 0 Å². The first-order valence-corrected chi connectivity index (χ1v) is 7.27. The van der Waals surface area contributed by atoms with E-state index in [1.54, 1.807) is 0 Å². The summed E-state index contributed by atoms with van der Waals surface area (Å²) in [7, 11) is 0. The number of benzene rings is 1. The summed E-state index contributed by atoms with van der Waals surface area (Å²) in [5, 5.41) is 10.1. The fourth-order valence-corrected chi connectivity index (χ4v) is 2.95. The van der Waals surface area contributed by atoms with Crippen molar-refractivity contribution in [2.75, 3.05) is 18.0 Å². The van der Waals surface area contributed by atoms with Gasteiger partial charge in [0.15, 0.2) is 0 Å². The highest BCUT2D eigenvalue weighted by atomic mass is 79.9. The minimum absolute atomic E-state index is 0.511. The van der Waals surface area contributed by atoms with E-state index in [0.717, 1.165) is 42.4 Å². The van der Waals surface area contributed by atoms with E-state index < -0.39 is 5.60 Å². The molecule has 0 aliphatic carbocycles. The van der Waals surface area contributed by atoms with Crippen molar-refractivity contribution < 1.29 is 5.11 Å². The molecule has 1 aromatic carbocycles. The van der Waals surface area contributed by atoms with Gasteiger partial charge in [0, 0.05) is 29.8 Å². The lowest BCUT2D eigenvalue weighted by atomic mass is 9.98. The van der Waals surface area contributed by atoms with Gasteiger partial charge in [-0.25, -0.2) is 0 Å². The van der Waals surface area contributed by atoms with Crippen LogP contribution in [0.3, 0.4) is 0 Å². The summed E-state index contributed by atoms with van der Waals surface area (Å²) in [4.78, 5) is 2.34. The van der Waals surface area contributed by atoms with Crippen molar-refractivity contribution in [3.05, 3.63) is 28.2 Å². The zero-order valence-corrected chi connectivity index (χ0v) is 12.4. The highest BCUT2D eigenvalue weighted by Gasteiger charge is 2.25. The maximum Gasteiger partial charge on any atom is 0.0637 e. The smallest absolute Gasteiger partial charge is 0.0637 e. The lowest BCUT2D eigenvalue weighted by Crippen LogP contribution is -2.28. The molecule has 1 atom stereocenters. The molecule has 0 spiro atoms. The van der Waals surface area contributed by atoms with E-state index in [9.17, 15) is 5.11 Å². The molecular formula is C14H21BrN2O. The second kappa shape index (κ2) is 5.59. The molecule has 1 unspecified atom stereocenters. The van der Waals surface area contributed by atoms with Crippen LogP contribution in [-0.4, -0.2) is 23.8 Å². The molecule has 1 aromatic rings. The molecule has 3 nitrogen and oxygen atoms in total. The summed E-state index contributed by atoms with van der Waals surface area (Å²) in [6.07, 6.45) is 2.73. The summed E-state index contributed by atoms with van der Waals surface area (Å²) in [6, 6.07) is 6.32. The minimum atomic E-state index is -0.511. The number of rotatable bonds is 2. The Labute approximate surface area is 117 Å². The van der Waals surface area contributed by atoms with Gasteiger partial charge in [0.25, 0.3) is 0 Å². The molecule has 1 aliphatic heterocycles. The standard InChI is InChI=1S/C14H21BrN2O/c1-14(18)5-2-7-17(8-6-14)12-4-3-11(10-16)13(15)9-12/h3-4,9,18H,2,5-8,10,16H2,1H3. The molecule has 1 fully saturated rings. The Morgan fingerprint density at radius 3 is 2.83 bits per heavy atom.